The maximum Gasteiger partial charge on any atom is -0.00436 e. The third kappa shape index (κ3) is 0.877. The molecule has 0 aromatic rings. The highest BCUT2D eigenvalue weighted by molar-refractivity contribution is 5.00. The van der Waals surface area contributed by atoms with Crippen LogP contribution in [0.1, 0.15) is 25.7 Å². The fourth-order valence-corrected chi connectivity index (χ4v) is 1.92. The molecule has 0 atom stereocenters. The molecule has 1 N–H and O–H groups in total. The predicted octanol–water partition coefficient (Wildman–Crippen LogP) is 1.35. The molecule has 1 aliphatic heterocycles. The van der Waals surface area contributed by atoms with E-state index in [-0.39, 0.29) is 0 Å². The first-order valence-electron chi connectivity index (χ1n) is 3.94. The summed E-state index contributed by atoms with van der Waals surface area (Å²) in [6, 6.07) is 0. The van der Waals surface area contributed by atoms with E-state index >= 15 is 0 Å². The number of piperidine rings is 1. The first-order valence-corrected chi connectivity index (χ1v) is 3.94. The second-order valence-corrected chi connectivity index (χ2v) is 3.45. The Labute approximate surface area is 56.8 Å². The molecule has 1 heteroatoms. The molecule has 1 radical (unpaired) electrons. The Hall–Kier alpha value is -0.0400. The van der Waals surface area contributed by atoms with Gasteiger partial charge in [0.25, 0.3) is 0 Å². The minimum absolute atomic E-state index is 0.783. The number of hydrogen-bond donors (Lipinski definition) is 1. The van der Waals surface area contributed by atoms with Gasteiger partial charge in [0, 0.05) is 0 Å². The van der Waals surface area contributed by atoms with Gasteiger partial charge in [0.2, 0.25) is 0 Å². The molecule has 9 heavy (non-hydrogen) atoms. The van der Waals surface area contributed by atoms with Gasteiger partial charge in [0.1, 0.15) is 0 Å². The predicted molar refractivity (Wildman–Crippen MR) is 38.1 cm³/mol. The van der Waals surface area contributed by atoms with Gasteiger partial charge < -0.3 is 5.32 Å². The normalized spacial score (nSPS) is 32.0. The maximum atomic E-state index is 3.39. The van der Waals surface area contributed by atoms with Gasteiger partial charge in [-0.1, -0.05) is 0 Å². The molecule has 1 nitrogen and oxygen atoms in total. The zero-order valence-electron chi connectivity index (χ0n) is 5.82. The molecule has 2 fully saturated rings. The van der Waals surface area contributed by atoms with Crippen molar-refractivity contribution in [2.45, 2.75) is 25.7 Å². The van der Waals surface area contributed by atoms with Gasteiger partial charge in [-0.15, -0.1) is 0 Å². The number of rotatable bonds is 0. The van der Waals surface area contributed by atoms with E-state index in [1.807, 2.05) is 0 Å². The summed E-state index contributed by atoms with van der Waals surface area (Å²) < 4.78 is 0. The Morgan fingerprint density at radius 3 is 2.11 bits per heavy atom. The summed E-state index contributed by atoms with van der Waals surface area (Å²) in [4.78, 5) is 0. The van der Waals surface area contributed by atoms with Crippen LogP contribution >= 0.6 is 0 Å². The van der Waals surface area contributed by atoms with Crippen molar-refractivity contribution >= 4 is 0 Å². The highest BCUT2D eigenvalue weighted by Gasteiger charge is 2.37. The van der Waals surface area contributed by atoms with Crippen LogP contribution in [0.5, 0.6) is 0 Å². The molecule has 2 aliphatic rings. The molecule has 0 aromatic carbocycles. The fourth-order valence-electron chi connectivity index (χ4n) is 1.92. The van der Waals surface area contributed by atoms with Crippen molar-refractivity contribution in [2.24, 2.45) is 5.41 Å². The van der Waals surface area contributed by atoms with Crippen molar-refractivity contribution in [3.63, 3.8) is 0 Å². The van der Waals surface area contributed by atoms with Crippen molar-refractivity contribution in [3.8, 4) is 0 Å². The van der Waals surface area contributed by atoms with Crippen LogP contribution in [-0.2, 0) is 0 Å². The first kappa shape index (κ1) is 5.72. The van der Waals surface area contributed by atoms with Crippen molar-refractivity contribution < 1.29 is 0 Å². The van der Waals surface area contributed by atoms with Gasteiger partial charge in [0.05, 0.1) is 0 Å². The Kier molecular flexibility index (Phi) is 1.26. The van der Waals surface area contributed by atoms with Crippen LogP contribution in [0.2, 0.25) is 0 Å². The van der Waals surface area contributed by atoms with Crippen LogP contribution in [0.4, 0.5) is 0 Å². The van der Waals surface area contributed by atoms with Gasteiger partial charge >= 0.3 is 0 Å². The minimum atomic E-state index is 0.783. The van der Waals surface area contributed by atoms with E-state index in [1.165, 1.54) is 38.8 Å². The molecule has 1 aliphatic carbocycles. The van der Waals surface area contributed by atoms with Crippen LogP contribution in [-0.4, -0.2) is 13.1 Å². The summed E-state index contributed by atoms with van der Waals surface area (Å²) in [6.07, 6.45) is 8.06. The third-order valence-electron chi connectivity index (χ3n) is 2.82. The van der Waals surface area contributed by atoms with E-state index in [2.05, 4.69) is 11.7 Å². The molecule has 0 unspecified atom stereocenters. The molecule has 1 heterocycles. The highest BCUT2D eigenvalue weighted by atomic mass is 14.9. The zero-order chi connectivity index (χ0) is 6.16. The number of hydrogen-bond acceptors (Lipinski definition) is 1. The monoisotopic (exact) mass is 124 g/mol. The molecule has 51 valence electrons. The van der Waals surface area contributed by atoms with Crippen LogP contribution in [0.3, 0.4) is 0 Å². The Balaban J connectivity index is 1.93. The lowest BCUT2D eigenvalue weighted by Crippen LogP contribution is -2.41. The summed E-state index contributed by atoms with van der Waals surface area (Å²) in [6.45, 7) is 2.52. The molecule has 0 bridgehead atoms. The van der Waals surface area contributed by atoms with E-state index in [0.717, 1.165) is 5.41 Å². The van der Waals surface area contributed by atoms with E-state index in [1.54, 1.807) is 0 Å². The van der Waals surface area contributed by atoms with E-state index < -0.39 is 0 Å². The Morgan fingerprint density at radius 2 is 1.78 bits per heavy atom. The average Bonchev–Trinajstić information content (AvgIpc) is 1.87. The molecule has 1 spiro atoms. The van der Waals surface area contributed by atoms with Gasteiger partial charge in [0.15, 0.2) is 0 Å². The average molecular weight is 124 g/mol. The zero-order valence-corrected chi connectivity index (χ0v) is 5.82. The molecule has 2 rings (SSSR count). The Bertz CT molecular complexity index is 97.1. The minimum Gasteiger partial charge on any atom is -0.317 e. The molecule has 0 aromatic heterocycles. The first-order chi connectivity index (χ1) is 4.41. The smallest absolute Gasteiger partial charge is 0.00436 e. The van der Waals surface area contributed by atoms with Crippen molar-refractivity contribution in [2.75, 3.05) is 13.1 Å². The third-order valence-corrected chi connectivity index (χ3v) is 2.82. The van der Waals surface area contributed by atoms with Gasteiger partial charge in [-0.25, -0.2) is 0 Å². The lowest BCUT2D eigenvalue weighted by atomic mass is 9.63. The van der Waals surface area contributed by atoms with E-state index in [0.29, 0.717) is 0 Å². The van der Waals surface area contributed by atoms with E-state index in [4.69, 9.17) is 0 Å². The van der Waals surface area contributed by atoms with Crippen molar-refractivity contribution in [1.82, 2.24) is 5.32 Å². The lowest BCUT2D eigenvalue weighted by Gasteiger charge is -2.44. The maximum absolute atomic E-state index is 3.39. The SMILES string of the molecule is [CH]1CC2(C1)CCNCC2. The van der Waals surface area contributed by atoms with Crippen LogP contribution in [0.25, 0.3) is 0 Å². The highest BCUT2D eigenvalue weighted by Crippen LogP contribution is 2.46. The van der Waals surface area contributed by atoms with Crippen molar-refractivity contribution in [3.05, 3.63) is 6.42 Å². The molecular weight excluding hydrogens is 110 g/mol. The largest absolute Gasteiger partial charge is 0.317 e. The Morgan fingerprint density at radius 1 is 1.11 bits per heavy atom. The fraction of sp³-hybridized carbons (Fsp3) is 0.875. The quantitative estimate of drug-likeness (QED) is 0.514. The second kappa shape index (κ2) is 1.98. The van der Waals surface area contributed by atoms with Crippen LogP contribution in [0.15, 0.2) is 0 Å². The second-order valence-electron chi connectivity index (χ2n) is 3.45. The molecule has 1 saturated carbocycles. The molecule has 1 saturated heterocycles. The summed E-state index contributed by atoms with van der Waals surface area (Å²) in [7, 11) is 0. The number of nitrogens with one attached hydrogen (secondary N) is 1. The van der Waals surface area contributed by atoms with Gasteiger partial charge in [-0.3, -0.25) is 0 Å². The summed E-state index contributed by atoms with van der Waals surface area (Å²) in [5, 5.41) is 3.39. The summed E-state index contributed by atoms with van der Waals surface area (Å²) >= 11 is 0. The topological polar surface area (TPSA) is 12.0 Å². The standard InChI is InChI=1S/C8H14N/c1-2-8(3-1)4-6-9-7-5-8/h1,9H,2-7H2. The van der Waals surface area contributed by atoms with Crippen LogP contribution < -0.4 is 5.32 Å². The van der Waals surface area contributed by atoms with Gasteiger partial charge in [-0.05, 0) is 50.6 Å². The summed E-state index contributed by atoms with van der Waals surface area (Å²) in [5.74, 6) is 0. The van der Waals surface area contributed by atoms with Crippen LogP contribution in [0, 0.1) is 11.8 Å². The van der Waals surface area contributed by atoms with E-state index in [9.17, 15) is 0 Å². The van der Waals surface area contributed by atoms with Gasteiger partial charge in [-0.2, -0.15) is 0 Å². The molecular formula is C8H14N. The lowest BCUT2D eigenvalue weighted by molar-refractivity contribution is 0.136. The summed E-state index contributed by atoms with van der Waals surface area (Å²) in [5.41, 5.74) is 0.783. The molecule has 0 amide bonds. The van der Waals surface area contributed by atoms with Crippen molar-refractivity contribution in [1.29, 1.82) is 0 Å².